The lowest BCUT2D eigenvalue weighted by Gasteiger charge is -2.08. The topological polar surface area (TPSA) is 59.4 Å². The zero-order chi connectivity index (χ0) is 14.0. The number of rotatable bonds is 3. The van der Waals surface area contributed by atoms with E-state index in [4.69, 9.17) is 9.84 Å². The van der Waals surface area contributed by atoms with Crippen molar-refractivity contribution < 1.29 is 19.0 Å². The fraction of sp³-hybridized carbons (Fsp3) is 0.143. The number of carboxylic acid groups (broad SMARTS) is 1. The van der Waals surface area contributed by atoms with Crippen LogP contribution in [0.4, 0.5) is 4.39 Å². The normalized spacial score (nSPS) is 10.3. The van der Waals surface area contributed by atoms with E-state index in [0.29, 0.717) is 5.75 Å². The van der Waals surface area contributed by atoms with E-state index in [0.717, 1.165) is 17.2 Å². The minimum atomic E-state index is -1.36. The third-order valence-corrected chi connectivity index (χ3v) is 2.50. The summed E-state index contributed by atoms with van der Waals surface area (Å²) in [5.74, 6) is -2.25. The Kier molecular flexibility index (Phi) is 3.46. The van der Waals surface area contributed by atoms with Crippen LogP contribution in [0.1, 0.15) is 21.5 Å². The van der Waals surface area contributed by atoms with Gasteiger partial charge in [0.25, 0.3) is 5.88 Å². The maximum Gasteiger partial charge on any atom is 0.338 e. The molecule has 1 aromatic carbocycles. The number of hydrogen-bond acceptors (Lipinski definition) is 3. The molecule has 0 amide bonds. The van der Waals surface area contributed by atoms with Crippen molar-refractivity contribution >= 4 is 5.97 Å². The first-order chi connectivity index (χ1) is 8.97. The van der Waals surface area contributed by atoms with Crippen molar-refractivity contribution in [3.63, 3.8) is 0 Å². The minimum absolute atomic E-state index is 0.343. The largest absolute Gasteiger partial charge is 0.478 e. The Hall–Kier alpha value is -2.43. The first kappa shape index (κ1) is 13.0. The van der Waals surface area contributed by atoms with Gasteiger partial charge in [-0.25, -0.2) is 14.2 Å². The maximum atomic E-state index is 13.8. The van der Waals surface area contributed by atoms with Crippen molar-refractivity contribution in [1.29, 1.82) is 0 Å². The summed E-state index contributed by atoms with van der Waals surface area (Å²) in [6.07, 6.45) is 1.20. The minimum Gasteiger partial charge on any atom is -0.478 e. The van der Waals surface area contributed by atoms with Crippen molar-refractivity contribution in [2.24, 2.45) is 0 Å². The second-order valence-corrected chi connectivity index (χ2v) is 4.21. The second kappa shape index (κ2) is 5.06. The van der Waals surface area contributed by atoms with Crippen molar-refractivity contribution in [3.8, 4) is 11.6 Å². The SMILES string of the molecule is Cc1cc(C)cc(Oc2nccc(C(=O)O)c2F)c1. The van der Waals surface area contributed by atoms with Crippen LogP contribution in [0.3, 0.4) is 0 Å². The number of aromatic nitrogens is 1. The quantitative estimate of drug-likeness (QED) is 0.920. The molecule has 0 atom stereocenters. The molecule has 0 unspecified atom stereocenters. The molecule has 0 aliphatic rings. The first-order valence-corrected chi connectivity index (χ1v) is 5.61. The summed E-state index contributed by atoms with van der Waals surface area (Å²) in [6, 6.07) is 6.49. The molecular formula is C14H12FNO3. The van der Waals surface area contributed by atoms with Crippen molar-refractivity contribution in [2.45, 2.75) is 13.8 Å². The standard InChI is InChI=1S/C14H12FNO3/c1-8-5-9(2)7-10(6-8)19-13-12(15)11(14(17)18)3-4-16-13/h3-7H,1-2H3,(H,17,18). The average molecular weight is 261 g/mol. The molecule has 0 aliphatic heterocycles. The van der Waals surface area contributed by atoms with Gasteiger partial charge in [-0.3, -0.25) is 0 Å². The van der Waals surface area contributed by atoms with Gasteiger partial charge in [-0.15, -0.1) is 0 Å². The molecule has 19 heavy (non-hydrogen) atoms. The summed E-state index contributed by atoms with van der Waals surface area (Å²) in [7, 11) is 0. The van der Waals surface area contributed by atoms with Crippen LogP contribution >= 0.6 is 0 Å². The van der Waals surface area contributed by atoms with Gasteiger partial charge in [-0.2, -0.15) is 0 Å². The third kappa shape index (κ3) is 2.88. The van der Waals surface area contributed by atoms with Gasteiger partial charge >= 0.3 is 5.97 Å². The van der Waals surface area contributed by atoms with Crippen LogP contribution in [0.5, 0.6) is 11.6 Å². The van der Waals surface area contributed by atoms with E-state index in [-0.39, 0.29) is 5.88 Å². The number of hydrogen-bond donors (Lipinski definition) is 1. The Morgan fingerprint density at radius 2 is 1.89 bits per heavy atom. The lowest BCUT2D eigenvalue weighted by molar-refractivity contribution is 0.0690. The van der Waals surface area contributed by atoms with Gasteiger partial charge in [0.1, 0.15) is 11.3 Å². The Labute approximate surface area is 109 Å². The van der Waals surface area contributed by atoms with Gasteiger partial charge in [0.05, 0.1) is 0 Å². The predicted molar refractivity (Wildman–Crippen MR) is 67.1 cm³/mol. The summed E-state index contributed by atoms with van der Waals surface area (Å²) in [6.45, 7) is 3.77. The molecule has 1 aromatic heterocycles. The Morgan fingerprint density at radius 1 is 1.26 bits per heavy atom. The van der Waals surface area contributed by atoms with Crippen LogP contribution in [0.2, 0.25) is 0 Å². The van der Waals surface area contributed by atoms with Gasteiger partial charge in [-0.05, 0) is 43.2 Å². The van der Waals surface area contributed by atoms with E-state index in [1.54, 1.807) is 12.1 Å². The fourth-order valence-corrected chi connectivity index (χ4v) is 1.76. The smallest absolute Gasteiger partial charge is 0.338 e. The number of nitrogens with zero attached hydrogens (tertiary/aromatic N) is 1. The zero-order valence-corrected chi connectivity index (χ0v) is 10.5. The monoisotopic (exact) mass is 261 g/mol. The van der Waals surface area contributed by atoms with Crippen molar-refractivity contribution in [3.05, 3.63) is 53.0 Å². The van der Waals surface area contributed by atoms with Crippen molar-refractivity contribution in [2.75, 3.05) is 0 Å². The van der Waals surface area contributed by atoms with E-state index in [2.05, 4.69) is 4.98 Å². The molecule has 0 saturated carbocycles. The number of carbonyl (C=O) groups is 1. The van der Waals surface area contributed by atoms with Crippen LogP contribution < -0.4 is 4.74 Å². The molecule has 0 aliphatic carbocycles. The molecule has 2 rings (SSSR count). The zero-order valence-electron chi connectivity index (χ0n) is 10.5. The number of aromatic carboxylic acids is 1. The molecular weight excluding hydrogens is 249 g/mol. The molecule has 0 saturated heterocycles. The molecule has 0 fully saturated rings. The highest BCUT2D eigenvalue weighted by Crippen LogP contribution is 2.25. The van der Waals surface area contributed by atoms with E-state index < -0.39 is 17.3 Å². The van der Waals surface area contributed by atoms with Gasteiger partial charge in [0.15, 0.2) is 5.82 Å². The van der Waals surface area contributed by atoms with Crippen LogP contribution in [-0.2, 0) is 0 Å². The van der Waals surface area contributed by atoms with Gasteiger partial charge in [-0.1, -0.05) is 6.07 Å². The summed E-state index contributed by atoms with van der Waals surface area (Å²) >= 11 is 0. The molecule has 1 N–H and O–H groups in total. The van der Waals surface area contributed by atoms with Gasteiger partial charge in [0.2, 0.25) is 0 Å². The average Bonchev–Trinajstić information content (AvgIpc) is 2.30. The van der Waals surface area contributed by atoms with Crippen LogP contribution in [-0.4, -0.2) is 16.1 Å². The second-order valence-electron chi connectivity index (χ2n) is 4.21. The number of halogens is 1. The number of pyridine rings is 1. The van der Waals surface area contributed by atoms with E-state index in [1.807, 2.05) is 19.9 Å². The molecule has 1 heterocycles. The highest BCUT2D eigenvalue weighted by molar-refractivity contribution is 5.88. The molecule has 0 radical (unpaired) electrons. The van der Waals surface area contributed by atoms with Gasteiger partial charge in [0, 0.05) is 6.20 Å². The van der Waals surface area contributed by atoms with Crippen LogP contribution in [0.25, 0.3) is 0 Å². The van der Waals surface area contributed by atoms with Gasteiger partial charge < -0.3 is 9.84 Å². The highest BCUT2D eigenvalue weighted by atomic mass is 19.1. The lowest BCUT2D eigenvalue weighted by atomic mass is 10.1. The van der Waals surface area contributed by atoms with E-state index >= 15 is 0 Å². The molecule has 0 spiro atoms. The third-order valence-electron chi connectivity index (χ3n) is 2.50. The Morgan fingerprint density at radius 3 is 2.47 bits per heavy atom. The molecule has 98 valence electrons. The molecule has 2 aromatic rings. The molecule has 5 heteroatoms. The first-order valence-electron chi connectivity index (χ1n) is 5.61. The summed E-state index contributed by atoms with van der Waals surface area (Å²) in [5.41, 5.74) is 1.46. The number of benzene rings is 1. The summed E-state index contributed by atoms with van der Waals surface area (Å²) in [4.78, 5) is 14.5. The molecule has 4 nitrogen and oxygen atoms in total. The van der Waals surface area contributed by atoms with Crippen LogP contribution in [0.15, 0.2) is 30.5 Å². The van der Waals surface area contributed by atoms with E-state index in [9.17, 15) is 9.18 Å². The van der Waals surface area contributed by atoms with Crippen LogP contribution in [0, 0.1) is 19.7 Å². The lowest BCUT2D eigenvalue weighted by Crippen LogP contribution is -2.03. The number of ether oxygens (including phenoxy) is 1. The molecule has 0 bridgehead atoms. The Bertz CT molecular complexity index is 620. The predicted octanol–water partition coefficient (Wildman–Crippen LogP) is 3.33. The summed E-state index contributed by atoms with van der Waals surface area (Å²) < 4.78 is 19.2. The highest BCUT2D eigenvalue weighted by Gasteiger charge is 2.16. The Balaban J connectivity index is 2.38. The number of carboxylic acids is 1. The maximum absolute atomic E-state index is 13.8. The summed E-state index contributed by atoms with van der Waals surface area (Å²) in [5, 5.41) is 8.82. The van der Waals surface area contributed by atoms with Crippen molar-refractivity contribution in [1.82, 2.24) is 4.98 Å². The van der Waals surface area contributed by atoms with E-state index in [1.165, 1.54) is 6.20 Å². The number of aryl methyl sites for hydroxylation is 2. The fourth-order valence-electron chi connectivity index (χ4n) is 1.76.